The van der Waals surface area contributed by atoms with Crippen LogP contribution >= 0.6 is 7.72 Å². The third-order valence-electron chi connectivity index (χ3n) is 1.32. The fourth-order valence-corrected chi connectivity index (χ4v) is 1.48. The Kier molecular flexibility index (Phi) is 2.35. The zero-order valence-corrected chi connectivity index (χ0v) is 6.70. The SMILES string of the molecule is N=C[P+](O)(O)c1ccccc1. The van der Waals surface area contributed by atoms with Gasteiger partial charge >= 0.3 is 7.72 Å². The quantitative estimate of drug-likeness (QED) is 0.453. The van der Waals surface area contributed by atoms with Gasteiger partial charge in [-0.15, -0.1) is 0 Å². The van der Waals surface area contributed by atoms with Crippen molar-refractivity contribution in [2.24, 2.45) is 0 Å². The van der Waals surface area contributed by atoms with Crippen LogP contribution in [0.1, 0.15) is 0 Å². The Morgan fingerprint density at radius 3 is 2.18 bits per heavy atom. The number of hydrogen-bond donors (Lipinski definition) is 3. The topological polar surface area (TPSA) is 64.3 Å². The van der Waals surface area contributed by atoms with Crippen molar-refractivity contribution in [3.8, 4) is 0 Å². The third-order valence-corrected chi connectivity index (χ3v) is 2.73. The van der Waals surface area contributed by atoms with Gasteiger partial charge in [-0.1, -0.05) is 18.2 Å². The lowest BCUT2D eigenvalue weighted by atomic mass is 10.4. The van der Waals surface area contributed by atoms with E-state index >= 15 is 0 Å². The molecule has 1 aromatic carbocycles. The van der Waals surface area contributed by atoms with E-state index in [0.29, 0.717) is 11.3 Å². The highest BCUT2D eigenvalue weighted by Gasteiger charge is 2.33. The summed E-state index contributed by atoms with van der Waals surface area (Å²) >= 11 is 0. The molecule has 3 N–H and O–H groups in total. The van der Waals surface area contributed by atoms with Crippen LogP contribution in [-0.2, 0) is 0 Å². The van der Waals surface area contributed by atoms with Crippen LogP contribution < -0.4 is 5.30 Å². The molecule has 1 rings (SSSR count). The average molecular weight is 170 g/mol. The summed E-state index contributed by atoms with van der Waals surface area (Å²) in [5, 5.41) is 7.18. The van der Waals surface area contributed by atoms with Crippen LogP contribution in [0.5, 0.6) is 0 Å². The molecule has 58 valence electrons. The van der Waals surface area contributed by atoms with E-state index in [-0.39, 0.29) is 0 Å². The van der Waals surface area contributed by atoms with Gasteiger partial charge in [-0.2, -0.15) is 0 Å². The van der Waals surface area contributed by atoms with Gasteiger partial charge in [0.1, 0.15) is 0 Å². The first-order chi connectivity index (χ1) is 5.17. The minimum atomic E-state index is -3.23. The molecule has 4 heteroatoms. The van der Waals surface area contributed by atoms with Crippen molar-refractivity contribution in [2.45, 2.75) is 0 Å². The van der Waals surface area contributed by atoms with Crippen LogP contribution in [0.15, 0.2) is 30.3 Å². The van der Waals surface area contributed by atoms with Crippen molar-refractivity contribution < 1.29 is 9.79 Å². The smallest absolute Gasteiger partial charge is 0.270 e. The molecule has 1 aromatic rings. The van der Waals surface area contributed by atoms with Gasteiger partial charge in [0.05, 0.1) is 0 Å². The molecular formula is C7H9NO2P+. The normalized spacial score (nSPS) is 11.1. The van der Waals surface area contributed by atoms with E-state index in [1.54, 1.807) is 30.3 Å². The molecule has 0 amide bonds. The predicted molar refractivity (Wildman–Crippen MR) is 46.2 cm³/mol. The number of nitrogens with one attached hydrogen (secondary N) is 1. The van der Waals surface area contributed by atoms with Gasteiger partial charge in [-0.25, -0.2) is 9.79 Å². The molecule has 0 saturated carbocycles. The van der Waals surface area contributed by atoms with Gasteiger partial charge in [-0.05, 0) is 12.1 Å². The standard InChI is InChI=1S/C7H9NO2P/c8-6-11(9,10)7-4-2-1-3-5-7/h1-6,8-10H/q+1. The molecular weight excluding hydrogens is 161 g/mol. The number of hydrogen-bond acceptors (Lipinski definition) is 3. The molecule has 0 unspecified atom stereocenters. The van der Waals surface area contributed by atoms with E-state index in [1.165, 1.54) is 0 Å². The lowest BCUT2D eigenvalue weighted by Crippen LogP contribution is -2.09. The highest BCUT2D eigenvalue weighted by Crippen LogP contribution is 2.44. The van der Waals surface area contributed by atoms with E-state index in [4.69, 9.17) is 5.41 Å². The Labute approximate surface area is 65.3 Å². The van der Waals surface area contributed by atoms with Crippen LogP contribution in [0.25, 0.3) is 0 Å². The van der Waals surface area contributed by atoms with Gasteiger partial charge in [0.2, 0.25) is 5.96 Å². The molecule has 0 bridgehead atoms. The molecule has 11 heavy (non-hydrogen) atoms. The van der Waals surface area contributed by atoms with Gasteiger partial charge < -0.3 is 0 Å². The predicted octanol–water partition coefficient (Wildman–Crippen LogP) is 0.751. The Hall–Kier alpha value is -0.760. The molecule has 0 aromatic heterocycles. The van der Waals surface area contributed by atoms with E-state index in [9.17, 15) is 9.79 Å². The van der Waals surface area contributed by atoms with Crippen molar-refractivity contribution in [1.82, 2.24) is 0 Å². The lowest BCUT2D eigenvalue weighted by molar-refractivity contribution is 0.484. The highest BCUT2D eigenvalue weighted by molar-refractivity contribution is 7.85. The highest BCUT2D eigenvalue weighted by atomic mass is 31.2. The molecule has 0 spiro atoms. The van der Waals surface area contributed by atoms with Crippen LogP contribution in [0.4, 0.5) is 0 Å². The van der Waals surface area contributed by atoms with Crippen molar-refractivity contribution in [3.63, 3.8) is 0 Å². The van der Waals surface area contributed by atoms with Gasteiger partial charge in [-0.3, -0.25) is 5.41 Å². The van der Waals surface area contributed by atoms with E-state index < -0.39 is 7.72 Å². The monoisotopic (exact) mass is 170 g/mol. The Bertz CT molecular complexity index is 248. The van der Waals surface area contributed by atoms with E-state index in [0.717, 1.165) is 0 Å². The van der Waals surface area contributed by atoms with Crippen LogP contribution in [0.3, 0.4) is 0 Å². The molecule has 0 aliphatic heterocycles. The minimum Gasteiger partial charge on any atom is -0.270 e. The number of rotatable bonds is 2. The molecule has 0 atom stereocenters. The second-order valence-electron chi connectivity index (χ2n) is 2.11. The van der Waals surface area contributed by atoms with Crippen molar-refractivity contribution in [3.05, 3.63) is 30.3 Å². The summed E-state index contributed by atoms with van der Waals surface area (Å²) in [5.41, 5.74) is 0. The fourth-order valence-electron chi connectivity index (χ4n) is 0.722. The van der Waals surface area contributed by atoms with E-state index in [2.05, 4.69) is 0 Å². The second-order valence-corrected chi connectivity index (χ2v) is 4.19. The zero-order valence-electron chi connectivity index (χ0n) is 5.81. The Morgan fingerprint density at radius 1 is 1.18 bits per heavy atom. The molecule has 0 aliphatic carbocycles. The Morgan fingerprint density at radius 2 is 1.73 bits per heavy atom. The van der Waals surface area contributed by atoms with Gasteiger partial charge in [0.15, 0.2) is 5.30 Å². The van der Waals surface area contributed by atoms with Crippen molar-refractivity contribution in [1.29, 1.82) is 5.41 Å². The minimum absolute atomic E-state index is 0.412. The Balaban J connectivity index is 3.02. The molecule has 3 nitrogen and oxygen atoms in total. The summed E-state index contributed by atoms with van der Waals surface area (Å²) < 4.78 is 0. The van der Waals surface area contributed by atoms with E-state index in [1.807, 2.05) is 0 Å². The lowest BCUT2D eigenvalue weighted by Gasteiger charge is -2.03. The third kappa shape index (κ3) is 1.84. The van der Waals surface area contributed by atoms with Gasteiger partial charge in [0.25, 0.3) is 0 Å². The molecule has 0 heterocycles. The van der Waals surface area contributed by atoms with Crippen molar-refractivity contribution >= 4 is 19.0 Å². The fraction of sp³-hybridized carbons (Fsp3) is 0. The second kappa shape index (κ2) is 3.09. The molecule has 0 radical (unpaired) electrons. The maximum atomic E-state index is 9.22. The number of benzene rings is 1. The van der Waals surface area contributed by atoms with Crippen LogP contribution in [0, 0.1) is 5.41 Å². The molecule has 0 fully saturated rings. The van der Waals surface area contributed by atoms with Crippen LogP contribution in [0.2, 0.25) is 0 Å². The first kappa shape index (κ1) is 8.34. The summed E-state index contributed by atoms with van der Waals surface area (Å²) in [6.07, 6.45) is 0. The summed E-state index contributed by atoms with van der Waals surface area (Å²) in [5.74, 6) is 0.697. The average Bonchev–Trinajstić information content (AvgIpc) is 2.06. The zero-order chi connectivity index (χ0) is 8.32. The maximum absolute atomic E-state index is 9.22. The maximum Gasteiger partial charge on any atom is 0.344 e. The molecule has 0 aliphatic rings. The first-order valence-corrected chi connectivity index (χ1v) is 4.84. The summed E-state index contributed by atoms with van der Waals surface area (Å²) in [6.45, 7) is 0. The molecule has 0 saturated heterocycles. The summed E-state index contributed by atoms with van der Waals surface area (Å²) in [6, 6.07) is 8.39. The van der Waals surface area contributed by atoms with Crippen molar-refractivity contribution in [2.75, 3.05) is 0 Å². The largest absolute Gasteiger partial charge is 0.344 e. The van der Waals surface area contributed by atoms with Gasteiger partial charge in [0, 0.05) is 0 Å². The summed E-state index contributed by atoms with van der Waals surface area (Å²) in [4.78, 5) is 18.4. The van der Waals surface area contributed by atoms with Crippen LogP contribution in [-0.4, -0.2) is 15.7 Å². The first-order valence-electron chi connectivity index (χ1n) is 3.08. The summed E-state index contributed by atoms with van der Waals surface area (Å²) in [7, 11) is -3.23.